The van der Waals surface area contributed by atoms with E-state index in [4.69, 9.17) is 5.26 Å². The Labute approximate surface area is 112 Å². The Kier molecular flexibility index (Phi) is 3.78. The van der Waals surface area contributed by atoms with Gasteiger partial charge in [-0.15, -0.1) is 11.8 Å². The third-order valence-electron chi connectivity index (χ3n) is 2.67. The van der Waals surface area contributed by atoms with Crippen LogP contribution in [0.15, 0.2) is 35.2 Å². The minimum absolute atomic E-state index is 0.591. The van der Waals surface area contributed by atoms with Crippen LogP contribution in [0.1, 0.15) is 25.1 Å². The standard InChI is InChI=1S/C15H16N2S/c1-10(2)18-14-6-4-12(5-7-14)15-8-13(9-16)11(3)17-15/h4-8,10,17H,1-3H3. The van der Waals surface area contributed by atoms with Crippen molar-refractivity contribution in [2.45, 2.75) is 30.9 Å². The number of aryl methyl sites for hydroxylation is 1. The molecule has 1 aromatic carbocycles. The zero-order valence-electron chi connectivity index (χ0n) is 10.8. The van der Waals surface area contributed by atoms with Gasteiger partial charge >= 0.3 is 0 Å². The van der Waals surface area contributed by atoms with Gasteiger partial charge in [-0.1, -0.05) is 26.0 Å². The summed E-state index contributed by atoms with van der Waals surface area (Å²) in [4.78, 5) is 4.52. The molecule has 3 heteroatoms. The number of benzene rings is 1. The summed E-state index contributed by atoms with van der Waals surface area (Å²) in [6.07, 6.45) is 0. The summed E-state index contributed by atoms with van der Waals surface area (Å²) >= 11 is 1.85. The van der Waals surface area contributed by atoms with Gasteiger partial charge in [0.25, 0.3) is 0 Å². The van der Waals surface area contributed by atoms with E-state index in [9.17, 15) is 0 Å². The van der Waals surface area contributed by atoms with Crippen LogP contribution >= 0.6 is 11.8 Å². The number of hydrogen-bond acceptors (Lipinski definition) is 2. The van der Waals surface area contributed by atoms with Gasteiger partial charge in [-0.25, -0.2) is 0 Å². The van der Waals surface area contributed by atoms with E-state index in [0.29, 0.717) is 10.8 Å². The number of H-pyrrole nitrogens is 1. The number of nitriles is 1. The first kappa shape index (κ1) is 12.8. The maximum Gasteiger partial charge on any atom is 0.101 e. The predicted octanol–water partition coefficient (Wildman–Crippen LogP) is 4.36. The molecule has 0 saturated carbocycles. The van der Waals surface area contributed by atoms with E-state index in [-0.39, 0.29) is 0 Å². The molecule has 2 rings (SSSR count). The highest BCUT2D eigenvalue weighted by molar-refractivity contribution is 7.99. The summed E-state index contributed by atoms with van der Waals surface area (Å²) in [5.41, 5.74) is 3.76. The van der Waals surface area contributed by atoms with Crippen LogP contribution in [0.5, 0.6) is 0 Å². The summed E-state index contributed by atoms with van der Waals surface area (Å²) in [7, 11) is 0. The van der Waals surface area contributed by atoms with Crippen molar-refractivity contribution in [3.63, 3.8) is 0 Å². The molecule has 2 nitrogen and oxygen atoms in total. The fourth-order valence-electron chi connectivity index (χ4n) is 1.81. The SMILES string of the molecule is Cc1[nH]c(-c2ccc(SC(C)C)cc2)cc1C#N. The molecule has 0 aliphatic heterocycles. The largest absolute Gasteiger partial charge is 0.358 e. The molecule has 1 aromatic heterocycles. The number of nitrogens with zero attached hydrogens (tertiary/aromatic N) is 1. The minimum atomic E-state index is 0.591. The number of hydrogen-bond donors (Lipinski definition) is 1. The second-order valence-corrected chi connectivity index (χ2v) is 6.17. The fraction of sp³-hybridized carbons (Fsp3) is 0.267. The first-order valence-corrected chi connectivity index (χ1v) is 6.85. The summed E-state index contributed by atoms with van der Waals surface area (Å²) in [5, 5.41) is 9.54. The average Bonchev–Trinajstić information content (AvgIpc) is 2.71. The second kappa shape index (κ2) is 5.32. The molecule has 0 fully saturated rings. The molecule has 0 amide bonds. The highest BCUT2D eigenvalue weighted by Crippen LogP contribution is 2.27. The van der Waals surface area contributed by atoms with Crippen molar-refractivity contribution in [2.24, 2.45) is 0 Å². The number of nitrogens with one attached hydrogen (secondary N) is 1. The van der Waals surface area contributed by atoms with Crippen molar-refractivity contribution in [3.05, 3.63) is 41.6 Å². The Morgan fingerprint density at radius 2 is 1.89 bits per heavy atom. The summed E-state index contributed by atoms with van der Waals surface area (Å²) in [5.74, 6) is 0. The summed E-state index contributed by atoms with van der Waals surface area (Å²) in [6.45, 7) is 6.29. The average molecular weight is 256 g/mol. The number of thioether (sulfide) groups is 1. The van der Waals surface area contributed by atoms with Crippen molar-refractivity contribution in [2.75, 3.05) is 0 Å². The topological polar surface area (TPSA) is 39.6 Å². The van der Waals surface area contributed by atoms with Crippen molar-refractivity contribution in [1.82, 2.24) is 4.98 Å². The van der Waals surface area contributed by atoms with Crippen LogP contribution in [0.3, 0.4) is 0 Å². The van der Waals surface area contributed by atoms with E-state index < -0.39 is 0 Å². The molecule has 92 valence electrons. The van der Waals surface area contributed by atoms with Crippen LogP contribution in [0, 0.1) is 18.3 Å². The van der Waals surface area contributed by atoms with Gasteiger partial charge in [-0.2, -0.15) is 5.26 Å². The minimum Gasteiger partial charge on any atom is -0.358 e. The Hall–Kier alpha value is -1.66. The van der Waals surface area contributed by atoms with Crippen LogP contribution in [0.25, 0.3) is 11.3 Å². The summed E-state index contributed by atoms with van der Waals surface area (Å²) in [6, 6.07) is 12.5. The van der Waals surface area contributed by atoms with E-state index in [1.807, 2.05) is 24.8 Å². The number of aromatic amines is 1. The molecule has 0 aliphatic carbocycles. The molecule has 0 bridgehead atoms. The molecular formula is C15H16N2S. The van der Waals surface area contributed by atoms with Gasteiger partial charge in [0.05, 0.1) is 5.56 Å². The third-order valence-corrected chi connectivity index (χ3v) is 3.69. The van der Waals surface area contributed by atoms with Gasteiger partial charge < -0.3 is 4.98 Å². The van der Waals surface area contributed by atoms with Crippen molar-refractivity contribution >= 4 is 11.8 Å². The van der Waals surface area contributed by atoms with Crippen LogP contribution in [-0.4, -0.2) is 10.2 Å². The van der Waals surface area contributed by atoms with Gasteiger partial charge in [-0.3, -0.25) is 0 Å². The Morgan fingerprint density at radius 1 is 1.22 bits per heavy atom. The Bertz CT molecular complexity index is 574. The molecule has 0 unspecified atom stereocenters. The lowest BCUT2D eigenvalue weighted by atomic mass is 10.1. The highest BCUT2D eigenvalue weighted by Gasteiger charge is 2.06. The van der Waals surface area contributed by atoms with Crippen molar-refractivity contribution in [3.8, 4) is 17.3 Å². The van der Waals surface area contributed by atoms with Gasteiger partial charge in [0, 0.05) is 21.5 Å². The zero-order valence-corrected chi connectivity index (χ0v) is 11.6. The van der Waals surface area contributed by atoms with Gasteiger partial charge in [0.2, 0.25) is 0 Å². The van der Waals surface area contributed by atoms with Crippen molar-refractivity contribution < 1.29 is 0 Å². The van der Waals surface area contributed by atoms with E-state index in [2.05, 4.69) is 49.2 Å². The predicted molar refractivity (Wildman–Crippen MR) is 76.7 cm³/mol. The fourth-order valence-corrected chi connectivity index (χ4v) is 2.65. The van der Waals surface area contributed by atoms with Crippen LogP contribution < -0.4 is 0 Å². The second-order valence-electron chi connectivity index (χ2n) is 4.52. The maximum atomic E-state index is 8.95. The quantitative estimate of drug-likeness (QED) is 0.829. The van der Waals surface area contributed by atoms with E-state index in [1.54, 1.807) is 0 Å². The van der Waals surface area contributed by atoms with Crippen LogP contribution in [0.2, 0.25) is 0 Å². The van der Waals surface area contributed by atoms with Crippen molar-refractivity contribution in [1.29, 1.82) is 5.26 Å². The smallest absolute Gasteiger partial charge is 0.101 e. The first-order chi connectivity index (χ1) is 8.60. The van der Waals surface area contributed by atoms with E-state index >= 15 is 0 Å². The lowest BCUT2D eigenvalue weighted by molar-refractivity contribution is 1.11. The van der Waals surface area contributed by atoms with Gasteiger partial charge in [0.15, 0.2) is 0 Å². The normalized spacial score (nSPS) is 10.6. The maximum absolute atomic E-state index is 8.95. The lowest BCUT2D eigenvalue weighted by Gasteiger charge is -2.05. The Morgan fingerprint density at radius 3 is 2.39 bits per heavy atom. The zero-order chi connectivity index (χ0) is 13.1. The van der Waals surface area contributed by atoms with Gasteiger partial charge in [0.1, 0.15) is 6.07 Å². The number of rotatable bonds is 3. The molecule has 0 atom stereocenters. The first-order valence-electron chi connectivity index (χ1n) is 5.97. The molecule has 18 heavy (non-hydrogen) atoms. The van der Waals surface area contributed by atoms with E-state index in [0.717, 1.165) is 17.0 Å². The monoisotopic (exact) mass is 256 g/mol. The Balaban J connectivity index is 2.26. The van der Waals surface area contributed by atoms with E-state index in [1.165, 1.54) is 4.90 Å². The molecule has 0 radical (unpaired) electrons. The summed E-state index contributed by atoms with van der Waals surface area (Å²) < 4.78 is 0. The molecule has 2 aromatic rings. The molecule has 0 saturated heterocycles. The van der Waals surface area contributed by atoms with Crippen LogP contribution in [-0.2, 0) is 0 Å². The highest BCUT2D eigenvalue weighted by atomic mass is 32.2. The third kappa shape index (κ3) is 2.77. The number of aromatic nitrogens is 1. The molecule has 1 N–H and O–H groups in total. The molecule has 0 spiro atoms. The van der Waals surface area contributed by atoms with Gasteiger partial charge in [-0.05, 0) is 30.7 Å². The lowest BCUT2D eigenvalue weighted by Crippen LogP contribution is -1.85. The van der Waals surface area contributed by atoms with Crippen LogP contribution in [0.4, 0.5) is 0 Å². The molecular weight excluding hydrogens is 240 g/mol. The molecule has 1 heterocycles. The molecule has 0 aliphatic rings.